The van der Waals surface area contributed by atoms with E-state index in [-0.39, 0.29) is 18.5 Å². The van der Waals surface area contributed by atoms with Crippen molar-refractivity contribution in [1.29, 1.82) is 0 Å². The monoisotopic (exact) mass is 436 g/mol. The highest BCUT2D eigenvalue weighted by atomic mass is 31.2. The Hall–Kier alpha value is -1.33. The highest BCUT2D eigenvalue weighted by Gasteiger charge is 2.52. The fourth-order valence-corrected chi connectivity index (χ4v) is 4.21. The van der Waals surface area contributed by atoms with Crippen LogP contribution in [0.5, 0.6) is 0 Å². The number of aliphatic hydroxyl groups is 3. The molecule has 11 nitrogen and oxygen atoms in total. The quantitative estimate of drug-likeness (QED) is 0.215. The molecule has 166 valence electrons. The molecule has 0 radical (unpaired) electrons. The number of hydrogen-bond donors (Lipinski definition) is 6. The van der Waals surface area contributed by atoms with Gasteiger partial charge in [0.25, 0.3) is 5.91 Å². The maximum absolute atomic E-state index is 12.4. The second-order valence-electron chi connectivity index (χ2n) is 8.20. The van der Waals surface area contributed by atoms with Gasteiger partial charge in [0.2, 0.25) is 5.91 Å². The first-order valence-electron chi connectivity index (χ1n) is 9.22. The number of imide groups is 1. The van der Waals surface area contributed by atoms with Crippen molar-refractivity contribution in [2.75, 3.05) is 0 Å². The van der Waals surface area contributed by atoms with Crippen LogP contribution < -0.4 is 11.1 Å². The molecule has 12 heteroatoms. The minimum Gasteiger partial charge on any atom is -0.395 e. The van der Waals surface area contributed by atoms with E-state index in [2.05, 4.69) is 0 Å². The number of nitrogens with one attached hydrogen (secondary N) is 1. The fraction of sp³-hybridized carbons (Fsp3) is 0.765. The molecule has 2 amide bonds. The van der Waals surface area contributed by atoms with Crippen LogP contribution >= 0.6 is 7.60 Å². The van der Waals surface area contributed by atoms with Crippen LogP contribution in [0.1, 0.15) is 40.5 Å². The van der Waals surface area contributed by atoms with Crippen LogP contribution in [0.2, 0.25) is 0 Å². The van der Waals surface area contributed by atoms with Crippen LogP contribution in [-0.2, 0) is 23.4 Å². The summed E-state index contributed by atoms with van der Waals surface area (Å²) in [7, 11) is -4.44. The Balaban J connectivity index is 2.20. The van der Waals surface area contributed by atoms with Gasteiger partial charge >= 0.3 is 7.60 Å². The largest absolute Gasteiger partial charge is 0.395 e. The van der Waals surface area contributed by atoms with Crippen LogP contribution in [0.3, 0.4) is 0 Å². The molecule has 7 atom stereocenters. The number of amides is 2. The summed E-state index contributed by atoms with van der Waals surface area (Å²) in [6.45, 7) is 5.49. The number of aliphatic hydroxyl groups excluding tert-OH is 2. The van der Waals surface area contributed by atoms with Crippen LogP contribution in [-0.4, -0.2) is 67.4 Å². The number of ether oxygens (including phenoxy) is 1. The Kier molecular flexibility index (Phi) is 6.66. The zero-order chi connectivity index (χ0) is 22.4. The Morgan fingerprint density at radius 2 is 1.86 bits per heavy atom. The molecule has 2 aliphatic heterocycles. The molecule has 0 bridgehead atoms. The number of carbonyl (C=O) groups excluding carboxylic acids is 2. The molecule has 0 aliphatic carbocycles. The lowest BCUT2D eigenvalue weighted by Gasteiger charge is -2.36. The topological polar surface area (TPSA) is 189 Å². The van der Waals surface area contributed by atoms with Crippen molar-refractivity contribution < 1.29 is 43.6 Å². The molecule has 0 saturated carbocycles. The molecule has 3 unspecified atom stereocenters. The molecule has 7 N–H and O–H groups in total. The van der Waals surface area contributed by atoms with Gasteiger partial charge in [0, 0.05) is 6.42 Å². The Morgan fingerprint density at radius 3 is 2.38 bits per heavy atom. The summed E-state index contributed by atoms with van der Waals surface area (Å²) < 4.78 is 23.4. The second-order valence-corrected chi connectivity index (χ2v) is 10.5. The van der Waals surface area contributed by atoms with Gasteiger partial charge in [-0.15, -0.1) is 0 Å². The average molecular weight is 436 g/mol. The molecule has 0 aromatic rings. The van der Waals surface area contributed by atoms with Crippen molar-refractivity contribution in [1.82, 2.24) is 5.32 Å². The Labute approximate surface area is 168 Å². The van der Waals surface area contributed by atoms with Gasteiger partial charge in [-0.05, 0) is 33.3 Å². The van der Waals surface area contributed by atoms with Crippen molar-refractivity contribution in [3.8, 4) is 0 Å². The number of nitrogens with two attached hydrogens (primary N) is 1. The van der Waals surface area contributed by atoms with Gasteiger partial charge in [-0.3, -0.25) is 19.5 Å². The minimum absolute atomic E-state index is 0.106. The average Bonchev–Trinajstić information content (AvgIpc) is 2.85. The number of carbonyl (C=O) groups is 2. The molecule has 1 fully saturated rings. The van der Waals surface area contributed by atoms with Gasteiger partial charge in [0.15, 0.2) is 5.34 Å². The number of hydrogen-bond acceptors (Lipinski definition) is 9. The van der Waals surface area contributed by atoms with Crippen molar-refractivity contribution in [3.63, 3.8) is 0 Å². The summed E-state index contributed by atoms with van der Waals surface area (Å²) in [4.78, 5) is 33.6. The van der Waals surface area contributed by atoms with Crippen LogP contribution in [0.15, 0.2) is 11.8 Å². The van der Waals surface area contributed by atoms with Gasteiger partial charge in [-0.2, -0.15) is 0 Å². The standard InChI is InChI=1S/C17H29N2O9P/c1-5-17(4,28-29(25,26)16(2,3)24)7-10-11(20)12(21)13(27-10)8-6-9(18)15(23)19-14(8)22/h6,8,10-13,20-21,24H,5,7,18H2,1-4H3,(H,25,26)(H,19,22,23)/t8?,10-,11-,12-,13+,17?/m1/s1. The van der Waals surface area contributed by atoms with Gasteiger partial charge in [0.05, 0.1) is 23.3 Å². The first-order valence-corrected chi connectivity index (χ1v) is 10.8. The zero-order valence-electron chi connectivity index (χ0n) is 16.7. The van der Waals surface area contributed by atoms with E-state index in [1.165, 1.54) is 6.92 Å². The van der Waals surface area contributed by atoms with E-state index in [0.29, 0.717) is 0 Å². The van der Waals surface area contributed by atoms with Gasteiger partial charge < -0.3 is 35.2 Å². The highest BCUT2D eigenvalue weighted by molar-refractivity contribution is 7.54. The first kappa shape index (κ1) is 23.9. The van der Waals surface area contributed by atoms with E-state index in [0.717, 1.165) is 19.9 Å². The summed E-state index contributed by atoms with van der Waals surface area (Å²) in [5, 5.41) is 30.7. The lowest BCUT2D eigenvalue weighted by atomic mass is 9.90. The fourth-order valence-electron chi connectivity index (χ4n) is 3.18. The molecule has 2 aliphatic rings. The molecule has 2 rings (SSSR count). The summed E-state index contributed by atoms with van der Waals surface area (Å²) in [5.41, 5.74) is 4.04. The third-order valence-electron chi connectivity index (χ3n) is 5.33. The summed E-state index contributed by atoms with van der Waals surface area (Å²) in [6.07, 6.45) is -3.83. The van der Waals surface area contributed by atoms with Gasteiger partial charge in [-0.25, -0.2) is 0 Å². The van der Waals surface area contributed by atoms with Gasteiger partial charge in [-0.1, -0.05) is 6.92 Å². The maximum Gasteiger partial charge on any atom is 0.359 e. The van der Waals surface area contributed by atoms with E-state index in [1.54, 1.807) is 6.92 Å². The zero-order valence-corrected chi connectivity index (χ0v) is 17.6. The molecule has 1 saturated heterocycles. The molecular formula is C17H29N2O9P. The van der Waals surface area contributed by atoms with Crippen molar-refractivity contribution >= 4 is 19.4 Å². The maximum atomic E-state index is 12.4. The second kappa shape index (κ2) is 8.07. The molecule has 0 aromatic carbocycles. The van der Waals surface area contributed by atoms with Crippen molar-refractivity contribution in [2.24, 2.45) is 11.7 Å². The lowest BCUT2D eigenvalue weighted by Crippen LogP contribution is -2.49. The highest BCUT2D eigenvalue weighted by Crippen LogP contribution is 2.57. The van der Waals surface area contributed by atoms with E-state index in [1.807, 2.05) is 5.32 Å². The van der Waals surface area contributed by atoms with E-state index >= 15 is 0 Å². The Bertz CT molecular complexity index is 750. The van der Waals surface area contributed by atoms with Crippen LogP contribution in [0.25, 0.3) is 0 Å². The SMILES string of the molecule is CCC(C)(C[C@H]1O[C@@H](C2C=C(N)C(=O)NC2=O)[C@H](O)[C@@H]1O)OP(=O)(O)C(C)(C)O. The molecule has 0 aromatic heterocycles. The van der Waals surface area contributed by atoms with E-state index in [4.69, 9.17) is 15.0 Å². The molecule has 0 spiro atoms. The first-order chi connectivity index (χ1) is 13.1. The molecule has 2 heterocycles. The third-order valence-corrected chi connectivity index (χ3v) is 7.40. The lowest BCUT2D eigenvalue weighted by molar-refractivity contribution is -0.136. The molecular weight excluding hydrogens is 407 g/mol. The van der Waals surface area contributed by atoms with E-state index in [9.17, 15) is 34.4 Å². The van der Waals surface area contributed by atoms with Crippen molar-refractivity contribution in [3.05, 3.63) is 11.8 Å². The predicted molar refractivity (Wildman–Crippen MR) is 100 cm³/mol. The van der Waals surface area contributed by atoms with Gasteiger partial charge in [0.1, 0.15) is 18.3 Å². The third kappa shape index (κ3) is 4.88. The normalized spacial score (nSPS) is 34.9. The molecule has 29 heavy (non-hydrogen) atoms. The van der Waals surface area contributed by atoms with E-state index < -0.39 is 60.7 Å². The summed E-state index contributed by atoms with van der Waals surface area (Å²) in [5.74, 6) is -2.58. The predicted octanol–water partition coefficient (Wildman–Crippen LogP) is -0.920. The Morgan fingerprint density at radius 1 is 1.28 bits per heavy atom. The summed E-state index contributed by atoms with van der Waals surface area (Å²) in [6, 6.07) is 0. The smallest absolute Gasteiger partial charge is 0.359 e. The van der Waals surface area contributed by atoms with Crippen LogP contribution in [0.4, 0.5) is 0 Å². The minimum atomic E-state index is -4.44. The van der Waals surface area contributed by atoms with Crippen LogP contribution in [0, 0.1) is 5.92 Å². The number of rotatable bonds is 7. The van der Waals surface area contributed by atoms with Crippen molar-refractivity contribution in [2.45, 2.75) is 75.9 Å². The summed E-state index contributed by atoms with van der Waals surface area (Å²) >= 11 is 0.